The Bertz CT molecular complexity index is 1340. The second-order valence-corrected chi connectivity index (χ2v) is 9.15. The van der Waals surface area contributed by atoms with Crippen molar-refractivity contribution in [1.82, 2.24) is 5.32 Å². The zero-order valence-electron chi connectivity index (χ0n) is 16.7. The molecular formula is C24H18ClNO5S. The highest BCUT2D eigenvalue weighted by atomic mass is 35.5. The van der Waals surface area contributed by atoms with E-state index in [1.807, 2.05) is 0 Å². The summed E-state index contributed by atoms with van der Waals surface area (Å²) in [6.07, 6.45) is 2.69. The molecule has 0 radical (unpaired) electrons. The molecule has 0 spiro atoms. The Morgan fingerprint density at radius 1 is 0.938 bits per heavy atom. The SMILES string of the molecule is O=C(NCc1ccco1)/C(=C/c1ccc(-c2ccc(Cl)cc2)o1)S(=O)(=O)c1ccccc1. The fourth-order valence-electron chi connectivity index (χ4n) is 2.99. The Hall–Kier alpha value is -3.55. The van der Waals surface area contributed by atoms with Crippen molar-refractivity contribution in [2.45, 2.75) is 11.4 Å². The molecule has 32 heavy (non-hydrogen) atoms. The summed E-state index contributed by atoms with van der Waals surface area (Å²) in [5.74, 6) is 0.463. The van der Waals surface area contributed by atoms with E-state index in [0.717, 1.165) is 5.56 Å². The van der Waals surface area contributed by atoms with Crippen molar-refractivity contribution in [1.29, 1.82) is 0 Å². The quantitative estimate of drug-likeness (QED) is 0.371. The average Bonchev–Trinajstić information content (AvgIpc) is 3.49. The zero-order chi connectivity index (χ0) is 22.6. The van der Waals surface area contributed by atoms with Crippen LogP contribution in [-0.2, 0) is 21.2 Å². The molecule has 8 heteroatoms. The molecule has 0 fully saturated rings. The predicted molar refractivity (Wildman–Crippen MR) is 121 cm³/mol. The highest BCUT2D eigenvalue weighted by Gasteiger charge is 2.27. The van der Waals surface area contributed by atoms with Crippen LogP contribution in [0.2, 0.25) is 5.02 Å². The maximum Gasteiger partial charge on any atom is 0.263 e. The third kappa shape index (κ3) is 4.85. The maximum absolute atomic E-state index is 13.2. The summed E-state index contributed by atoms with van der Waals surface area (Å²) in [5, 5.41) is 3.18. The van der Waals surface area contributed by atoms with E-state index in [1.165, 1.54) is 24.5 Å². The van der Waals surface area contributed by atoms with Crippen LogP contribution in [0.1, 0.15) is 11.5 Å². The van der Waals surface area contributed by atoms with E-state index in [1.54, 1.807) is 66.7 Å². The summed E-state index contributed by atoms with van der Waals surface area (Å²) >= 11 is 5.93. The van der Waals surface area contributed by atoms with E-state index in [2.05, 4.69) is 5.32 Å². The normalized spacial score (nSPS) is 12.0. The van der Waals surface area contributed by atoms with Gasteiger partial charge in [-0.05, 0) is 60.7 Å². The molecule has 4 rings (SSSR count). The molecule has 6 nitrogen and oxygen atoms in total. The summed E-state index contributed by atoms with van der Waals surface area (Å²) in [7, 11) is -4.11. The van der Waals surface area contributed by atoms with Crippen LogP contribution < -0.4 is 5.32 Å². The summed E-state index contributed by atoms with van der Waals surface area (Å²) in [6.45, 7) is 0.0433. The summed E-state index contributed by atoms with van der Waals surface area (Å²) < 4.78 is 37.5. The minimum Gasteiger partial charge on any atom is -0.467 e. The molecule has 1 N–H and O–H groups in total. The molecule has 0 unspecified atom stereocenters. The smallest absolute Gasteiger partial charge is 0.263 e. The van der Waals surface area contributed by atoms with Crippen molar-refractivity contribution in [2.75, 3.05) is 0 Å². The zero-order valence-corrected chi connectivity index (χ0v) is 18.3. The van der Waals surface area contributed by atoms with Gasteiger partial charge in [0.25, 0.3) is 5.91 Å². The van der Waals surface area contributed by atoms with Gasteiger partial charge < -0.3 is 14.2 Å². The standard InChI is InChI=1S/C24H18ClNO5S/c25-18-10-8-17(9-11-18)22-13-12-19(31-22)15-23(24(27)26-16-20-5-4-14-30-20)32(28,29)21-6-2-1-3-7-21/h1-15H,16H2,(H,26,27)/b23-15-. The van der Waals surface area contributed by atoms with Gasteiger partial charge in [0.1, 0.15) is 22.2 Å². The van der Waals surface area contributed by atoms with Crippen LogP contribution >= 0.6 is 11.6 Å². The number of hydrogen-bond donors (Lipinski definition) is 1. The molecule has 0 bridgehead atoms. The van der Waals surface area contributed by atoms with Crippen LogP contribution in [0, 0.1) is 0 Å². The van der Waals surface area contributed by atoms with Crippen molar-refractivity contribution in [3.8, 4) is 11.3 Å². The van der Waals surface area contributed by atoms with E-state index in [4.69, 9.17) is 20.4 Å². The van der Waals surface area contributed by atoms with Gasteiger partial charge in [0.15, 0.2) is 0 Å². The molecule has 4 aromatic rings. The number of benzene rings is 2. The van der Waals surface area contributed by atoms with Gasteiger partial charge in [-0.1, -0.05) is 29.8 Å². The molecule has 0 aliphatic carbocycles. The van der Waals surface area contributed by atoms with Crippen molar-refractivity contribution in [3.63, 3.8) is 0 Å². The number of carbonyl (C=O) groups excluding carboxylic acids is 1. The molecule has 1 amide bonds. The Morgan fingerprint density at radius 3 is 2.38 bits per heavy atom. The first-order valence-electron chi connectivity index (χ1n) is 9.62. The second kappa shape index (κ2) is 9.30. The van der Waals surface area contributed by atoms with Crippen LogP contribution in [0.15, 0.2) is 104 Å². The van der Waals surface area contributed by atoms with Crippen molar-refractivity contribution in [2.24, 2.45) is 0 Å². The number of rotatable bonds is 7. The monoisotopic (exact) mass is 467 g/mol. The number of hydrogen-bond acceptors (Lipinski definition) is 5. The Morgan fingerprint density at radius 2 is 1.69 bits per heavy atom. The first-order chi connectivity index (χ1) is 15.4. The average molecular weight is 468 g/mol. The van der Waals surface area contributed by atoms with Crippen molar-refractivity contribution in [3.05, 3.63) is 107 Å². The number of amides is 1. The van der Waals surface area contributed by atoms with Gasteiger partial charge in [-0.2, -0.15) is 0 Å². The molecular weight excluding hydrogens is 450 g/mol. The summed E-state index contributed by atoms with van der Waals surface area (Å²) in [6, 6.07) is 21.4. The molecule has 0 aliphatic rings. The lowest BCUT2D eigenvalue weighted by Crippen LogP contribution is -2.28. The number of sulfone groups is 1. The van der Waals surface area contributed by atoms with Crippen LogP contribution in [0.3, 0.4) is 0 Å². The lowest BCUT2D eigenvalue weighted by atomic mass is 10.2. The van der Waals surface area contributed by atoms with E-state index in [9.17, 15) is 13.2 Å². The maximum atomic E-state index is 13.2. The minimum atomic E-state index is -4.11. The fraction of sp³-hybridized carbons (Fsp3) is 0.0417. The van der Waals surface area contributed by atoms with Gasteiger partial charge in [-0.3, -0.25) is 4.79 Å². The highest BCUT2D eigenvalue weighted by Crippen LogP contribution is 2.27. The second-order valence-electron chi connectivity index (χ2n) is 6.80. The van der Waals surface area contributed by atoms with Crippen molar-refractivity contribution >= 4 is 33.4 Å². The van der Waals surface area contributed by atoms with E-state index < -0.39 is 20.6 Å². The van der Waals surface area contributed by atoms with Crippen molar-refractivity contribution < 1.29 is 22.0 Å². The van der Waals surface area contributed by atoms with E-state index in [-0.39, 0.29) is 17.2 Å². The highest BCUT2D eigenvalue weighted by molar-refractivity contribution is 7.96. The topological polar surface area (TPSA) is 89.5 Å². The number of nitrogens with one attached hydrogen (secondary N) is 1. The van der Waals surface area contributed by atoms with E-state index >= 15 is 0 Å². The van der Waals surface area contributed by atoms with Gasteiger partial charge in [0, 0.05) is 16.7 Å². The van der Waals surface area contributed by atoms with Crippen LogP contribution in [0.5, 0.6) is 0 Å². The number of furan rings is 2. The largest absolute Gasteiger partial charge is 0.467 e. The molecule has 0 aliphatic heterocycles. The van der Waals surface area contributed by atoms with Gasteiger partial charge in [0.05, 0.1) is 17.7 Å². The van der Waals surface area contributed by atoms with Crippen LogP contribution in [0.4, 0.5) is 0 Å². The number of carbonyl (C=O) groups is 1. The van der Waals surface area contributed by atoms with Gasteiger partial charge in [0.2, 0.25) is 9.84 Å². The number of halogens is 1. The van der Waals surface area contributed by atoms with Gasteiger partial charge >= 0.3 is 0 Å². The summed E-state index contributed by atoms with van der Waals surface area (Å²) in [5.41, 5.74) is 0.767. The molecule has 2 aromatic carbocycles. The first-order valence-corrected chi connectivity index (χ1v) is 11.5. The first kappa shape index (κ1) is 21.7. The summed E-state index contributed by atoms with van der Waals surface area (Å²) in [4.78, 5) is 12.5. The molecule has 162 valence electrons. The van der Waals surface area contributed by atoms with Gasteiger partial charge in [-0.15, -0.1) is 0 Å². The fourth-order valence-corrected chi connectivity index (χ4v) is 4.47. The van der Waals surface area contributed by atoms with Crippen LogP contribution in [0.25, 0.3) is 17.4 Å². The van der Waals surface area contributed by atoms with E-state index in [0.29, 0.717) is 16.5 Å². The lowest BCUT2D eigenvalue weighted by Gasteiger charge is -2.09. The Kier molecular flexibility index (Phi) is 6.30. The molecule has 2 aromatic heterocycles. The Balaban J connectivity index is 1.69. The molecule has 0 saturated heterocycles. The predicted octanol–water partition coefficient (Wildman–Crippen LogP) is 5.32. The third-order valence-electron chi connectivity index (χ3n) is 4.60. The minimum absolute atomic E-state index is 0.00359. The van der Waals surface area contributed by atoms with Crippen LogP contribution in [-0.4, -0.2) is 14.3 Å². The molecule has 0 saturated carbocycles. The molecule has 0 atom stereocenters. The van der Waals surface area contributed by atoms with Gasteiger partial charge in [-0.25, -0.2) is 8.42 Å². The molecule has 2 heterocycles. The Labute approximate surface area is 190 Å². The lowest BCUT2D eigenvalue weighted by molar-refractivity contribution is -0.117. The third-order valence-corrected chi connectivity index (χ3v) is 6.63.